The van der Waals surface area contributed by atoms with Gasteiger partial charge < -0.3 is 5.32 Å². The molecule has 0 aliphatic heterocycles. The van der Waals surface area contributed by atoms with Crippen molar-refractivity contribution in [3.8, 4) is 0 Å². The Kier molecular flexibility index (Phi) is 3.19. The van der Waals surface area contributed by atoms with Crippen molar-refractivity contribution < 1.29 is 4.39 Å². The summed E-state index contributed by atoms with van der Waals surface area (Å²) in [5, 5.41) is 7.11. The van der Waals surface area contributed by atoms with Gasteiger partial charge >= 0.3 is 0 Å². The van der Waals surface area contributed by atoms with Gasteiger partial charge in [-0.1, -0.05) is 0 Å². The van der Waals surface area contributed by atoms with Crippen LogP contribution in [-0.2, 0) is 13.6 Å². The molecule has 0 fully saturated rings. The van der Waals surface area contributed by atoms with E-state index >= 15 is 0 Å². The molecule has 0 aliphatic rings. The van der Waals surface area contributed by atoms with E-state index in [1.54, 1.807) is 10.7 Å². The summed E-state index contributed by atoms with van der Waals surface area (Å²) in [6, 6.07) is 4.50. The summed E-state index contributed by atoms with van der Waals surface area (Å²) < 4.78 is 15.2. The number of hydrogen-bond donors (Lipinski definition) is 1. The van der Waals surface area contributed by atoms with Crippen molar-refractivity contribution in [3.05, 3.63) is 40.6 Å². The van der Waals surface area contributed by atoms with Gasteiger partial charge in [0.15, 0.2) is 0 Å². The predicted molar refractivity (Wildman–Crippen MR) is 62.4 cm³/mol. The van der Waals surface area contributed by atoms with Crippen LogP contribution in [0.25, 0.3) is 0 Å². The average Bonchev–Trinajstić information content (AvgIpc) is 2.63. The van der Waals surface area contributed by atoms with E-state index in [2.05, 4.69) is 31.3 Å². The Bertz CT molecular complexity index is 497. The van der Waals surface area contributed by atoms with Crippen molar-refractivity contribution in [2.75, 3.05) is 5.32 Å². The number of halogens is 2. The second-order valence-electron chi connectivity index (χ2n) is 3.28. The number of nitrogens with zero attached hydrogens (tertiary/aromatic N) is 3. The summed E-state index contributed by atoms with van der Waals surface area (Å²) in [6.45, 7) is 0.542. The van der Waals surface area contributed by atoms with Crippen LogP contribution in [0.15, 0.2) is 29.0 Å². The Labute approximate surface area is 101 Å². The van der Waals surface area contributed by atoms with Crippen LogP contribution in [0.4, 0.5) is 10.1 Å². The zero-order valence-corrected chi connectivity index (χ0v) is 10.2. The van der Waals surface area contributed by atoms with Gasteiger partial charge in [-0.2, -0.15) is 5.10 Å². The summed E-state index contributed by atoms with van der Waals surface area (Å²) in [6.07, 6.45) is 1.50. The lowest BCUT2D eigenvalue weighted by Gasteiger charge is -2.07. The molecule has 1 aromatic carbocycles. The van der Waals surface area contributed by atoms with Gasteiger partial charge in [0, 0.05) is 17.2 Å². The Morgan fingerprint density at radius 3 is 2.94 bits per heavy atom. The molecule has 6 heteroatoms. The zero-order chi connectivity index (χ0) is 11.5. The molecule has 0 saturated carbocycles. The number of hydrogen-bond acceptors (Lipinski definition) is 3. The van der Waals surface area contributed by atoms with Gasteiger partial charge in [-0.05, 0) is 34.1 Å². The van der Waals surface area contributed by atoms with E-state index < -0.39 is 0 Å². The first-order valence-corrected chi connectivity index (χ1v) is 5.48. The van der Waals surface area contributed by atoms with Crippen LogP contribution >= 0.6 is 15.9 Å². The molecular weight excluding hydrogens is 275 g/mol. The highest BCUT2D eigenvalue weighted by molar-refractivity contribution is 9.10. The molecule has 0 aliphatic carbocycles. The smallest absolute Gasteiger partial charge is 0.145 e. The number of benzene rings is 1. The van der Waals surface area contributed by atoms with Gasteiger partial charge in [-0.15, -0.1) is 0 Å². The van der Waals surface area contributed by atoms with E-state index in [9.17, 15) is 4.39 Å². The fourth-order valence-electron chi connectivity index (χ4n) is 1.29. The summed E-state index contributed by atoms with van der Waals surface area (Å²) in [5.74, 6) is 0.548. The van der Waals surface area contributed by atoms with E-state index in [0.717, 1.165) is 11.5 Å². The Morgan fingerprint density at radius 2 is 2.31 bits per heavy atom. The van der Waals surface area contributed by atoms with Crippen LogP contribution in [0.3, 0.4) is 0 Å². The monoisotopic (exact) mass is 284 g/mol. The maximum Gasteiger partial charge on any atom is 0.145 e. The molecule has 16 heavy (non-hydrogen) atoms. The third kappa shape index (κ3) is 2.38. The normalized spacial score (nSPS) is 10.4. The molecule has 2 aromatic rings. The molecule has 2 rings (SSSR count). The molecule has 1 N–H and O–H groups in total. The Hall–Kier alpha value is -1.43. The maximum absolute atomic E-state index is 12.8. The quantitative estimate of drug-likeness (QED) is 0.941. The molecule has 84 valence electrons. The minimum Gasteiger partial charge on any atom is -0.377 e. The van der Waals surface area contributed by atoms with E-state index in [1.807, 2.05) is 7.05 Å². The molecule has 0 atom stereocenters. The van der Waals surface area contributed by atoms with Crippen molar-refractivity contribution in [2.24, 2.45) is 7.05 Å². The standard InChI is InChI=1S/C10H10BrFN4/c1-16-10(14-6-15-16)5-13-9-3-2-7(12)4-8(9)11/h2-4,6,13H,5H2,1H3. The number of aryl methyl sites for hydroxylation is 1. The van der Waals surface area contributed by atoms with Crippen molar-refractivity contribution >= 4 is 21.6 Å². The van der Waals surface area contributed by atoms with E-state index in [0.29, 0.717) is 11.0 Å². The Balaban J connectivity index is 2.08. The molecule has 0 radical (unpaired) electrons. The first-order chi connectivity index (χ1) is 7.66. The van der Waals surface area contributed by atoms with E-state index in [1.165, 1.54) is 18.5 Å². The van der Waals surface area contributed by atoms with Crippen LogP contribution < -0.4 is 5.32 Å². The van der Waals surface area contributed by atoms with Crippen LogP contribution in [0.1, 0.15) is 5.82 Å². The van der Waals surface area contributed by atoms with Crippen LogP contribution in [-0.4, -0.2) is 14.8 Å². The first-order valence-electron chi connectivity index (χ1n) is 4.68. The number of anilines is 1. The largest absolute Gasteiger partial charge is 0.377 e. The van der Waals surface area contributed by atoms with Gasteiger partial charge in [-0.25, -0.2) is 9.37 Å². The van der Waals surface area contributed by atoms with Crippen LogP contribution in [0, 0.1) is 5.82 Å². The minimum absolute atomic E-state index is 0.268. The molecule has 0 spiro atoms. The maximum atomic E-state index is 12.8. The molecule has 0 amide bonds. The fraction of sp³-hybridized carbons (Fsp3) is 0.200. The van der Waals surface area contributed by atoms with Crippen molar-refractivity contribution in [1.29, 1.82) is 0 Å². The number of rotatable bonds is 3. The van der Waals surface area contributed by atoms with Gasteiger partial charge in [0.05, 0.1) is 6.54 Å². The molecule has 1 aromatic heterocycles. The van der Waals surface area contributed by atoms with Gasteiger partial charge in [0.25, 0.3) is 0 Å². The fourth-order valence-corrected chi connectivity index (χ4v) is 1.78. The molecule has 0 unspecified atom stereocenters. The summed E-state index contributed by atoms with van der Waals surface area (Å²) in [5.41, 5.74) is 0.824. The lowest BCUT2D eigenvalue weighted by atomic mass is 10.3. The molecule has 0 bridgehead atoms. The SMILES string of the molecule is Cn1ncnc1CNc1ccc(F)cc1Br. The third-order valence-electron chi connectivity index (χ3n) is 2.17. The topological polar surface area (TPSA) is 42.7 Å². The van der Waals surface area contributed by atoms with Crippen molar-refractivity contribution in [2.45, 2.75) is 6.54 Å². The molecule has 1 heterocycles. The van der Waals surface area contributed by atoms with Gasteiger partial charge in [0.2, 0.25) is 0 Å². The highest BCUT2D eigenvalue weighted by atomic mass is 79.9. The highest BCUT2D eigenvalue weighted by Gasteiger charge is 2.03. The van der Waals surface area contributed by atoms with Crippen LogP contribution in [0.2, 0.25) is 0 Å². The first kappa shape index (κ1) is 11.1. The lowest BCUT2D eigenvalue weighted by Crippen LogP contribution is -2.07. The van der Waals surface area contributed by atoms with Gasteiger partial charge in [0.1, 0.15) is 18.0 Å². The second-order valence-corrected chi connectivity index (χ2v) is 4.13. The highest BCUT2D eigenvalue weighted by Crippen LogP contribution is 2.23. The minimum atomic E-state index is -0.268. The predicted octanol–water partition coefficient (Wildman–Crippen LogP) is 2.33. The summed E-state index contributed by atoms with van der Waals surface area (Å²) in [7, 11) is 1.82. The number of aromatic nitrogens is 3. The Morgan fingerprint density at radius 1 is 1.50 bits per heavy atom. The lowest BCUT2D eigenvalue weighted by molar-refractivity contribution is 0.627. The van der Waals surface area contributed by atoms with Crippen molar-refractivity contribution in [1.82, 2.24) is 14.8 Å². The summed E-state index contributed by atoms with van der Waals surface area (Å²) >= 11 is 3.28. The van der Waals surface area contributed by atoms with E-state index in [-0.39, 0.29) is 5.82 Å². The molecule has 0 saturated heterocycles. The molecular formula is C10H10BrFN4. The molecule has 4 nitrogen and oxygen atoms in total. The second kappa shape index (κ2) is 4.61. The zero-order valence-electron chi connectivity index (χ0n) is 8.61. The van der Waals surface area contributed by atoms with Crippen LogP contribution in [0.5, 0.6) is 0 Å². The van der Waals surface area contributed by atoms with Crippen molar-refractivity contribution in [3.63, 3.8) is 0 Å². The van der Waals surface area contributed by atoms with E-state index in [4.69, 9.17) is 0 Å². The number of nitrogens with one attached hydrogen (secondary N) is 1. The summed E-state index contributed by atoms with van der Waals surface area (Å²) in [4.78, 5) is 4.08. The van der Waals surface area contributed by atoms with Gasteiger partial charge in [-0.3, -0.25) is 4.68 Å². The third-order valence-corrected chi connectivity index (χ3v) is 2.83. The average molecular weight is 285 g/mol.